The van der Waals surface area contributed by atoms with Crippen LogP contribution in [0.3, 0.4) is 0 Å². The predicted octanol–water partition coefficient (Wildman–Crippen LogP) is 2.16. The molecule has 8 heteroatoms. The van der Waals surface area contributed by atoms with Crippen LogP contribution < -0.4 is 19.6 Å². The number of anilines is 1. The number of benzene rings is 2. The minimum Gasteiger partial charge on any atom is -0.545 e. The second kappa shape index (κ2) is 8.92. The van der Waals surface area contributed by atoms with E-state index in [-0.39, 0.29) is 18.1 Å². The van der Waals surface area contributed by atoms with E-state index >= 15 is 0 Å². The molecule has 0 bridgehead atoms. The molecule has 3 rings (SSSR count). The highest BCUT2D eigenvalue weighted by molar-refractivity contribution is 6.32. The van der Waals surface area contributed by atoms with Gasteiger partial charge in [0.05, 0.1) is 29.5 Å². The van der Waals surface area contributed by atoms with Crippen LogP contribution >= 0.6 is 0 Å². The second-order valence-electron chi connectivity index (χ2n) is 6.28. The van der Waals surface area contributed by atoms with Gasteiger partial charge in [-0.05, 0) is 55.3 Å². The minimum atomic E-state index is -1.29. The van der Waals surface area contributed by atoms with E-state index in [1.807, 2.05) is 13.0 Å². The molecule has 0 fully saturated rings. The molecular weight excluding hydrogens is 386 g/mol. The highest BCUT2D eigenvalue weighted by Gasteiger charge is 2.28. The van der Waals surface area contributed by atoms with Crippen LogP contribution in [-0.4, -0.2) is 30.8 Å². The Morgan fingerprint density at radius 1 is 1.20 bits per heavy atom. The molecule has 0 unspecified atom stereocenters. The summed E-state index contributed by atoms with van der Waals surface area (Å²) in [7, 11) is 0. The Labute approximate surface area is 173 Å². The van der Waals surface area contributed by atoms with Crippen LogP contribution in [0.25, 0.3) is 6.08 Å². The van der Waals surface area contributed by atoms with E-state index in [2.05, 4.69) is 5.10 Å². The molecule has 1 amide bonds. The average molecular weight is 404 g/mol. The summed E-state index contributed by atoms with van der Waals surface area (Å²) in [5, 5.41) is 25.1. The van der Waals surface area contributed by atoms with Gasteiger partial charge in [-0.25, -0.2) is 0 Å². The fraction of sp³-hybridized carbons (Fsp3) is 0.182. The van der Waals surface area contributed by atoms with Crippen molar-refractivity contribution >= 4 is 29.4 Å². The smallest absolute Gasteiger partial charge is 0.280 e. The minimum absolute atomic E-state index is 0.0176. The van der Waals surface area contributed by atoms with Crippen LogP contribution in [0, 0.1) is 11.3 Å². The first kappa shape index (κ1) is 20.6. The van der Waals surface area contributed by atoms with Crippen LogP contribution in [0.1, 0.15) is 29.8 Å². The Hall–Kier alpha value is -4.12. The van der Waals surface area contributed by atoms with Crippen molar-refractivity contribution in [2.75, 3.05) is 18.2 Å². The summed E-state index contributed by atoms with van der Waals surface area (Å²) < 4.78 is 10.9. The topological polar surface area (TPSA) is 115 Å². The van der Waals surface area contributed by atoms with Crippen molar-refractivity contribution in [3.8, 4) is 17.6 Å². The van der Waals surface area contributed by atoms with Crippen molar-refractivity contribution in [3.63, 3.8) is 0 Å². The van der Waals surface area contributed by atoms with Crippen LogP contribution in [0.2, 0.25) is 0 Å². The number of nitrogens with zero attached hydrogens (tertiary/aromatic N) is 3. The third-order valence-corrected chi connectivity index (χ3v) is 4.28. The van der Waals surface area contributed by atoms with Gasteiger partial charge in [-0.2, -0.15) is 15.4 Å². The lowest BCUT2D eigenvalue weighted by molar-refractivity contribution is -0.255. The Morgan fingerprint density at radius 3 is 2.57 bits per heavy atom. The number of ether oxygens (including phenoxy) is 2. The summed E-state index contributed by atoms with van der Waals surface area (Å²) >= 11 is 0. The first-order chi connectivity index (χ1) is 14.4. The second-order valence-corrected chi connectivity index (χ2v) is 6.28. The third-order valence-electron chi connectivity index (χ3n) is 4.28. The van der Waals surface area contributed by atoms with Gasteiger partial charge in [0.2, 0.25) is 0 Å². The number of carbonyl (C=O) groups is 2. The van der Waals surface area contributed by atoms with E-state index in [1.165, 1.54) is 29.3 Å². The number of hydrazone groups is 1. The van der Waals surface area contributed by atoms with Crippen molar-refractivity contribution in [1.82, 2.24) is 0 Å². The normalized spacial score (nSPS) is 14.4. The highest BCUT2D eigenvalue weighted by Crippen LogP contribution is 2.31. The van der Waals surface area contributed by atoms with E-state index < -0.39 is 5.97 Å². The molecule has 0 atom stereocenters. The largest absolute Gasteiger partial charge is 0.545 e. The fourth-order valence-corrected chi connectivity index (χ4v) is 2.88. The van der Waals surface area contributed by atoms with E-state index in [1.54, 1.807) is 31.2 Å². The van der Waals surface area contributed by atoms with Crippen molar-refractivity contribution in [1.29, 1.82) is 5.26 Å². The molecule has 0 radical (unpaired) electrons. The van der Waals surface area contributed by atoms with Crippen LogP contribution in [-0.2, 0) is 4.79 Å². The molecule has 0 N–H and O–H groups in total. The molecule has 1 aliphatic heterocycles. The molecule has 152 valence electrons. The Balaban J connectivity index is 1.88. The summed E-state index contributed by atoms with van der Waals surface area (Å²) in [6.45, 7) is 3.86. The molecule has 0 aromatic heterocycles. The number of hydrogen-bond acceptors (Lipinski definition) is 7. The summed E-state index contributed by atoms with van der Waals surface area (Å²) in [6.07, 6.45) is 1.69. The number of amides is 1. The molecule has 0 saturated carbocycles. The van der Waals surface area contributed by atoms with Gasteiger partial charge in [0.25, 0.3) is 5.91 Å². The monoisotopic (exact) mass is 404 g/mol. The lowest BCUT2D eigenvalue weighted by atomic mass is 10.1. The molecule has 2 aromatic carbocycles. The molecule has 30 heavy (non-hydrogen) atoms. The zero-order valence-electron chi connectivity index (χ0n) is 16.4. The lowest BCUT2D eigenvalue weighted by Crippen LogP contribution is -2.23. The van der Waals surface area contributed by atoms with E-state index in [0.717, 1.165) is 0 Å². The van der Waals surface area contributed by atoms with Gasteiger partial charge in [0.15, 0.2) is 18.1 Å². The lowest BCUT2D eigenvalue weighted by Gasteiger charge is -2.13. The predicted molar refractivity (Wildman–Crippen MR) is 108 cm³/mol. The zero-order valence-corrected chi connectivity index (χ0v) is 16.4. The van der Waals surface area contributed by atoms with E-state index in [0.29, 0.717) is 40.6 Å². The Bertz CT molecular complexity index is 1080. The van der Waals surface area contributed by atoms with Gasteiger partial charge in [-0.1, -0.05) is 18.2 Å². The molecular formula is C22H18N3O5-. The van der Waals surface area contributed by atoms with Crippen molar-refractivity contribution in [3.05, 3.63) is 59.2 Å². The molecule has 0 spiro atoms. The van der Waals surface area contributed by atoms with Gasteiger partial charge in [-0.3, -0.25) is 4.79 Å². The number of carboxylic acid groups (broad SMARTS) is 1. The highest BCUT2D eigenvalue weighted by atomic mass is 16.5. The maximum absolute atomic E-state index is 12.9. The summed E-state index contributed by atoms with van der Waals surface area (Å²) in [5.41, 5.74) is 2.08. The van der Waals surface area contributed by atoms with Crippen molar-refractivity contribution < 1.29 is 24.2 Å². The van der Waals surface area contributed by atoms with Crippen LogP contribution in [0.15, 0.2) is 53.1 Å². The van der Waals surface area contributed by atoms with Gasteiger partial charge in [0.1, 0.15) is 6.07 Å². The zero-order chi connectivity index (χ0) is 21.7. The van der Waals surface area contributed by atoms with Gasteiger partial charge in [-0.15, -0.1) is 0 Å². The van der Waals surface area contributed by atoms with E-state index in [9.17, 15) is 14.7 Å². The Morgan fingerprint density at radius 2 is 1.93 bits per heavy atom. The van der Waals surface area contributed by atoms with Gasteiger partial charge in [0, 0.05) is 0 Å². The van der Waals surface area contributed by atoms with E-state index in [4.69, 9.17) is 14.7 Å². The third kappa shape index (κ3) is 4.31. The first-order valence-electron chi connectivity index (χ1n) is 9.14. The maximum atomic E-state index is 12.9. The molecule has 0 aliphatic carbocycles. The first-order valence-corrected chi connectivity index (χ1v) is 9.14. The van der Waals surface area contributed by atoms with Gasteiger partial charge < -0.3 is 19.4 Å². The fourth-order valence-electron chi connectivity index (χ4n) is 2.88. The Kier molecular flexibility index (Phi) is 6.13. The number of rotatable bonds is 7. The molecule has 1 aliphatic rings. The summed E-state index contributed by atoms with van der Waals surface area (Å²) in [4.78, 5) is 23.8. The van der Waals surface area contributed by atoms with Crippen LogP contribution in [0.5, 0.6) is 11.5 Å². The molecule has 8 nitrogen and oxygen atoms in total. The summed E-state index contributed by atoms with van der Waals surface area (Å²) in [5.74, 6) is -0.714. The standard InChI is InChI=1S/C22H19N3O5/c1-3-29-20-13-15(4-9-19(20)30-11-10-23)12-18-14(2)24-25(21(18)26)17-7-5-16(6-8-17)22(27)28/h4-9,12-13H,3,11H2,1-2H3,(H,27,28)/p-1/b18-12+. The number of carbonyl (C=O) groups excluding carboxylic acids is 2. The number of aromatic carboxylic acids is 1. The quantitative estimate of drug-likeness (QED) is 0.653. The van der Waals surface area contributed by atoms with Crippen molar-refractivity contribution in [2.24, 2.45) is 5.10 Å². The summed E-state index contributed by atoms with van der Waals surface area (Å²) in [6, 6.07) is 12.8. The van der Waals surface area contributed by atoms with Crippen LogP contribution in [0.4, 0.5) is 5.69 Å². The average Bonchev–Trinajstić information content (AvgIpc) is 3.02. The maximum Gasteiger partial charge on any atom is 0.280 e. The molecule has 2 aromatic rings. The number of carboxylic acids is 1. The SMILES string of the molecule is CCOc1cc(/C=C2/C(=O)N(c3ccc(C(=O)[O-])cc3)N=C2C)ccc1OCC#N. The number of hydrogen-bond donors (Lipinski definition) is 0. The van der Waals surface area contributed by atoms with Crippen molar-refractivity contribution in [2.45, 2.75) is 13.8 Å². The number of nitriles is 1. The van der Waals surface area contributed by atoms with Gasteiger partial charge >= 0.3 is 0 Å². The molecule has 1 heterocycles. The molecule has 0 saturated heterocycles.